The Morgan fingerprint density at radius 3 is 2.68 bits per heavy atom. The van der Waals surface area contributed by atoms with E-state index in [-0.39, 0.29) is 6.04 Å². The molecule has 19 heavy (non-hydrogen) atoms. The number of carbonyl (C=O) groups excluding carboxylic acids is 1. The number of para-hydroxylation sites is 1. The maximum atomic E-state index is 11.2. The van der Waals surface area contributed by atoms with Gasteiger partial charge >= 0.3 is 0 Å². The molecule has 2 rings (SSSR count). The lowest BCUT2D eigenvalue weighted by Gasteiger charge is -2.30. The molecule has 1 heterocycles. The van der Waals surface area contributed by atoms with Crippen molar-refractivity contribution in [1.82, 2.24) is 0 Å². The van der Waals surface area contributed by atoms with Crippen molar-refractivity contribution in [1.29, 1.82) is 0 Å². The summed E-state index contributed by atoms with van der Waals surface area (Å²) in [5.74, 6) is 0. The third-order valence-corrected chi connectivity index (χ3v) is 4.13. The molecule has 0 radical (unpaired) electrons. The first-order valence-electron chi connectivity index (χ1n) is 6.16. The van der Waals surface area contributed by atoms with Crippen molar-refractivity contribution >= 4 is 34.9 Å². The number of halogens is 1. The van der Waals surface area contributed by atoms with Gasteiger partial charge in [-0.05, 0) is 37.4 Å². The summed E-state index contributed by atoms with van der Waals surface area (Å²) in [5.41, 5.74) is 1.46. The Bertz CT molecular complexity index is 551. The fourth-order valence-electron chi connectivity index (χ4n) is 2.02. The van der Waals surface area contributed by atoms with Gasteiger partial charge in [0.05, 0.1) is 17.3 Å². The van der Waals surface area contributed by atoms with Crippen molar-refractivity contribution in [2.24, 2.45) is 0 Å². The number of benzene rings is 1. The molecule has 0 aliphatic carbocycles. The highest BCUT2D eigenvalue weighted by atomic mass is 35.5. The number of thiophene rings is 1. The normalized spacial score (nSPS) is 10.7. The largest absolute Gasteiger partial charge is 0.362 e. The van der Waals surface area contributed by atoms with Crippen LogP contribution in [0.4, 0.5) is 5.69 Å². The van der Waals surface area contributed by atoms with Crippen LogP contribution in [0.25, 0.3) is 0 Å². The maximum Gasteiger partial charge on any atom is 0.152 e. The highest BCUT2D eigenvalue weighted by Crippen LogP contribution is 2.32. The second-order valence-corrected chi connectivity index (χ2v) is 6.04. The number of nitrogens with zero attached hydrogens (tertiary/aromatic N) is 1. The quantitative estimate of drug-likeness (QED) is 0.749. The van der Waals surface area contributed by atoms with E-state index in [9.17, 15) is 4.79 Å². The van der Waals surface area contributed by atoms with Gasteiger partial charge in [0, 0.05) is 16.5 Å². The molecule has 0 spiro atoms. The summed E-state index contributed by atoms with van der Waals surface area (Å²) in [6, 6.07) is 9.83. The molecule has 0 N–H and O–H groups in total. The van der Waals surface area contributed by atoms with Crippen LogP contribution in [0, 0.1) is 0 Å². The van der Waals surface area contributed by atoms with E-state index >= 15 is 0 Å². The van der Waals surface area contributed by atoms with Crippen LogP contribution >= 0.6 is 22.9 Å². The van der Waals surface area contributed by atoms with Crippen LogP contribution in [-0.2, 0) is 6.54 Å². The second kappa shape index (κ2) is 6.22. The van der Waals surface area contributed by atoms with Crippen molar-refractivity contribution in [2.75, 3.05) is 4.90 Å². The van der Waals surface area contributed by atoms with E-state index in [1.54, 1.807) is 23.5 Å². The Balaban J connectivity index is 2.42. The zero-order valence-electron chi connectivity index (χ0n) is 11.0. The van der Waals surface area contributed by atoms with Crippen LogP contribution in [0.5, 0.6) is 0 Å². The summed E-state index contributed by atoms with van der Waals surface area (Å²) in [4.78, 5) is 14.6. The molecule has 0 aliphatic heterocycles. The van der Waals surface area contributed by atoms with Gasteiger partial charge < -0.3 is 4.90 Å². The summed E-state index contributed by atoms with van der Waals surface area (Å²) in [5, 5.41) is 2.68. The van der Waals surface area contributed by atoms with E-state index in [1.165, 1.54) is 4.88 Å². The van der Waals surface area contributed by atoms with Gasteiger partial charge in [0.25, 0.3) is 0 Å². The highest BCUT2D eigenvalue weighted by molar-refractivity contribution is 7.09. The standard InChI is InChI=1S/C15H16ClNOS/c1-11(2)17(9-13-6-4-8-19-13)15-12(10-18)5-3-7-14(15)16/h3-8,10-11H,9H2,1-2H3. The van der Waals surface area contributed by atoms with E-state index in [1.807, 2.05) is 12.1 Å². The first-order valence-corrected chi connectivity index (χ1v) is 7.42. The number of anilines is 1. The minimum atomic E-state index is 0.265. The molecule has 0 saturated heterocycles. The summed E-state index contributed by atoms with van der Waals surface area (Å²) >= 11 is 8.00. The Hall–Kier alpha value is -1.32. The van der Waals surface area contributed by atoms with Crippen LogP contribution in [0.1, 0.15) is 29.1 Å². The van der Waals surface area contributed by atoms with E-state index in [0.29, 0.717) is 10.6 Å². The van der Waals surface area contributed by atoms with E-state index in [0.717, 1.165) is 18.5 Å². The van der Waals surface area contributed by atoms with E-state index < -0.39 is 0 Å². The Labute approximate surface area is 122 Å². The van der Waals surface area contributed by atoms with Crippen molar-refractivity contribution in [2.45, 2.75) is 26.4 Å². The minimum Gasteiger partial charge on any atom is -0.362 e. The van der Waals surface area contributed by atoms with Gasteiger partial charge in [-0.1, -0.05) is 23.7 Å². The van der Waals surface area contributed by atoms with Crippen LogP contribution < -0.4 is 4.90 Å². The zero-order chi connectivity index (χ0) is 13.8. The molecule has 2 nitrogen and oxygen atoms in total. The molecule has 100 valence electrons. The molecule has 1 aromatic carbocycles. The minimum absolute atomic E-state index is 0.265. The molecule has 0 unspecified atom stereocenters. The zero-order valence-corrected chi connectivity index (χ0v) is 12.5. The number of hydrogen-bond acceptors (Lipinski definition) is 3. The third-order valence-electron chi connectivity index (χ3n) is 2.96. The average Bonchev–Trinajstić information content (AvgIpc) is 2.89. The molecule has 2 aromatic rings. The predicted molar refractivity (Wildman–Crippen MR) is 82.5 cm³/mol. The summed E-state index contributed by atoms with van der Waals surface area (Å²) in [6.45, 7) is 4.97. The summed E-state index contributed by atoms with van der Waals surface area (Å²) in [7, 11) is 0. The molecule has 4 heteroatoms. The number of hydrogen-bond donors (Lipinski definition) is 0. The molecule has 0 amide bonds. The lowest BCUT2D eigenvalue weighted by atomic mass is 10.1. The summed E-state index contributed by atoms with van der Waals surface area (Å²) < 4.78 is 0. The van der Waals surface area contributed by atoms with Gasteiger partial charge in [-0.25, -0.2) is 0 Å². The topological polar surface area (TPSA) is 20.3 Å². The molecule has 0 fully saturated rings. The fraction of sp³-hybridized carbons (Fsp3) is 0.267. The molecular weight excluding hydrogens is 278 g/mol. The number of aldehydes is 1. The number of rotatable bonds is 5. The Morgan fingerprint density at radius 1 is 1.32 bits per heavy atom. The van der Waals surface area contributed by atoms with E-state index in [2.05, 4.69) is 30.2 Å². The van der Waals surface area contributed by atoms with Gasteiger partial charge in [0.15, 0.2) is 6.29 Å². The van der Waals surface area contributed by atoms with Crippen LogP contribution in [-0.4, -0.2) is 12.3 Å². The average molecular weight is 294 g/mol. The Kier molecular flexibility index (Phi) is 4.61. The van der Waals surface area contributed by atoms with Gasteiger partial charge in [-0.3, -0.25) is 4.79 Å². The molecule has 0 saturated carbocycles. The first-order chi connectivity index (χ1) is 9.13. The SMILES string of the molecule is CC(C)N(Cc1cccs1)c1c(Cl)cccc1C=O. The third kappa shape index (κ3) is 3.17. The Morgan fingerprint density at radius 2 is 2.11 bits per heavy atom. The highest BCUT2D eigenvalue weighted by Gasteiger charge is 2.18. The molecule has 0 atom stereocenters. The van der Waals surface area contributed by atoms with Crippen molar-refractivity contribution < 1.29 is 4.79 Å². The van der Waals surface area contributed by atoms with Gasteiger partial charge in [0.1, 0.15) is 0 Å². The van der Waals surface area contributed by atoms with Crippen LogP contribution in [0.15, 0.2) is 35.7 Å². The van der Waals surface area contributed by atoms with Gasteiger partial charge in [0.2, 0.25) is 0 Å². The molecular formula is C15H16ClNOS. The predicted octanol–water partition coefficient (Wildman–Crippen LogP) is 4.63. The lowest BCUT2D eigenvalue weighted by molar-refractivity contribution is 0.112. The maximum absolute atomic E-state index is 11.2. The lowest BCUT2D eigenvalue weighted by Crippen LogP contribution is -2.31. The van der Waals surface area contributed by atoms with Crippen molar-refractivity contribution in [3.8, 4) is 0 Å². The van der Waals surface area contributed by atoms with Gasteiger partial charge in [-0.2, -0.15) is 0 Å². The van der Waals surface area contributed by atoms with Crippen LogP contribution in [0.2, 0.25) is 5.02 Å². The molecule has 1 aromatic heterocycles. The monoisotopic (exact) mass is 293 g/mol. The number of carbonyl (C=O) groups is 1. The summed E-state index contributed by atoms with van der Waals surface area (Å²) in [6.07, 6.45) is 0.866. The molecule has 0 bridgehead atoms. The van der Waals surface area contributed by atoms with Crippen molar-refractivity contribution in [3.05, 3.63) is 51.2 Å². The second-order valence-electron chi connectivity index (χ2n) is 4.60. The smallest absolute Gasteiger partial charge is 0.152 e. The van der Waals surface area contributed by atoms with Crippen molar-refractivity contribution in [3.63, 3.8) is 0 Å². The van der Waals surface area contributed by atoms with E-state index in [4.69, 9.17) is 11.6 Å². The first kappa shape index (κ1) is 14.1. The van der Waals surface area contributed by atoms with Gasteiger partial charge in [-0.15, -0.1) is 11.3 Å². The fourth-order valence-corrected chi connectivity index (χ4v) is 3.01. The molecule has 0 aliphatic rings. The van der Waals surface area contributed by atoms with Crippen LogP contribution in [0.3, 0.4) is 0 Å².